The summed E-state index contributed by atoms with van der Waals surface area (Å²) in [5.74, 6) is -3.06. The van der Waals surface area contributed by atoms with Gasteiger partial charge in [0.25, 0.3) is 5.91 Å². The molecule has 0 radical (unpaired) electrons. The molecule has 0 saturated carbocycles. The standard InChI is InChI=1S/C21H23N3O7S/c1-12(9-31-22-8-14-6-4-3-5-7-14)18(26)23-16-19(27)24-17(21(28)29)15(10-30-13(2)25)11-32-20(16)24/h3-8,12,16,20H,9-11H2,1-2H3,(H,23,26)(H,28,29)/b22-8+/t12-,16+,20+/m0/s1. The van der Waals surface area contributed by atoms with Crippen LogP contribution in [0.3, 0.4) is 0 Å². The fourth-order valence-corrected chi connectivity index (χ4v) is 4.47. The van der Waals surface area contributed by atoms with Crippen molar-refractivity contribution in [3.8, 4) is 0 Å². The van der Waals surface area contributed by atoms with Gasteiger partial charge in [0, 0.05) is 18.2 Å². The van der Waals surface area contributed by atoms with Crippen LogP contribution in [0, 0.1) is 5.92 Å². The van der Waals surface area contributed by atoms with Crippen LogP contribution in [-0.2, 0) is 28.8 Å². The number of aliphatic carboxylic acids is 1. The van der Waals surface area contributed by atoms with Gasteiger partial charge in [0.05, 0.1) is 12.1 Å². The van der Waals surface area contributed by atoms with Crippen LogP contribution in [0.4, 0.5) is 0 Å². The normalized spacial score (nSPS) is 20.9. The zero-order chi connectivity index (χ0) is 23.3. The van der Waals surface area contributed by atoms with Gasteiger partial charge in [-0.2, -0.15) is 0 Å². The number of esters is 1. The summed E-state index contributed by atoms with van der Waals surface area (Å²) in [6.45, 7) is 2.68. The summed E-state index contributed by atoms with van der Waals surface area (Å²) < 4.78 is 4.90. The van der Waals surface area contributed by atoms with Crippen molar-refractivity contribution in [1.82, 2.24) is 10.2 Å². The number of β-lactam (4-membered cyclic amide) rings is 1. The fraction of sp³-hybridized carbons (Fsp3) is 0.381. The van der Waals surface area contributed by atoms with E-state index in [4.69, 9.17) is 9.57 Å². The molecule has 1 aromatic carbocycles. The zero-order valence-corrected chi connectivity index (χ0v) is 18.3. The number of carbonyl (C=O) groups excluding carboxylic acids is 3. The molecule has 1 fully saturated rings. The van der Waals surface area contributed by atoms with Gasteiger partial charge in [0.1, 0.15) is 30.3 Å². The molecule has 2 N–H and O–H groups in total. The van der Waals surface area contributed by atoms with Crippen molar-refractivity contribution in [2.24, 2.45) is 11.1 Å². The van der Waals surface area contributed by atoms with Gasteiger partial charge in [-0.3, -0.25) is 19.3 Å². The molecule has 1 saturated heterocycles. The van der Waals surface area contributed by atoms with E-state index in [9.17, 15) is 24.3 Å². The molecule has 170 valence electrons. The van der Waals surface area contributed by atoms with Gasteiger partial charge in [-0.05, 0) is 5.56 Å². The minimum atomic E-state index is -1.28. The predicted molar refractivity (Wildman–Crippen MR) is 115 cm³/mol. The number of carbonyl (C=O) groups is 4. The molecule has 10 nitrogen and oxygen atoms in total. The Morgan fingerprint density at radius 2 is 2.06 bits per heavy atom. The highest BCUT2D eigenvalue weighted by Gasteiger charge is 2.54. The summed E-state index contributed by atoms with van der Waals surface area (Å²) in [5.41, 5.74) is 0.997. The number of fused-ring (bicyclic) bond motifs is 1. The molecule has 2 heterocycles. The van der Waals surface area contributed by atoms with Crippen molar-refractivity contribution >= 4 is 41.7 Å². The van der Waals surface area contributed by atoms with E-state index in [1.807, 2.05) is 30.3 Å². The summed E-state index contributed by atoms with van der Waals surface area (Å²) in [6.07, 6.45) is 1.53. The molecule has 2 amide bonds. The number of carboxylic acid groups (broad SMARTS) is 1. The van der Waals surface area contributed by atoms with Crippen LogP contribution in [0.1, 0.15) is 19.4 Å². The lowest BCUT2D eigenvalue weighted by atomic mass is 10.0. The van der Waals surface area contributed by atoms with E-state index in [1.54, 1.807) is 6.92 Å². The van der Waals surface area contributed by atoms with E-state index >= 15 is 0 Å². The quantitative estimate of drug-likeness (QED) is 0.240. The maximum atomic E-state index is 12.6. The molecule has 1 aromatic rings. The average molecular weight is 461 g/mol. The summed E-state index contributed by atoms with van der Waals surface area (Å²) in [7, 11) is 0. The molecule has 0 aromatic heterocycles. The number of ether oxygens (including phenoxy) is 1. The van der Waals surface area contributed by atoms with Crippen LogP contribution in [0.2, 0.25) is 0 Å². The van der Waals surface area contributed by atoms with Crippen molar-refractivity contribution in [3.63, 3.8) is 0 Å². The topological polar surface area (TPSA) is 135 Å². The monoisotopic (exact) mass is 461 g/mol. The maximum absolute atomic E-state index is 12.6. The van der Waals surface area contributed by atoms with Gasteiger partial charge in [-0.25, -0.2) is 4.79 Å². The number of oxime groups is 1. The molecule has 32 heavy (non-hydrogen) atoms. The van der Waals surface area contributed by atoms with Crippen molar-refractivity contribution in [2.75, 3.05) is 19.0 Å². The highest BCUT2D eigenvalue weighted by Crippen LogP contribution is 2.40. The van der Waals surface area contributed by atoms with Gasteiger partial charge >= 0.3 is 11.9 Å². The molecular formula is C21H23N3O7S. The smallest absolute Gasteiger partial charge is 0.352 e. The molecule has 0 spiro atoms. The molecule has 2 aliphatic heterocycles. The number of benzene rings is 1. The van der Waals surface area contributed by atoms with Crippen molar-refractivity contribution in [2.45, 2.75) is 25.3 Å². The third kappa shape index (κ3) is 5.28. The van der Waals surface area contributed by atoms with Gasteiger partial charge in [-0.1, -0.05) is 42.4 Å². The maximum Gasteiger partial charge on any atom is 0.352 e. The Labute approximate surface area is 188 Å². The van der Waals surface area contributed by atoms with E-state index in [-0.39, 0.29) is 24.7 Å². The number of hydrogen-bond acceptors (Lipinski definition) is 8. The van der Waals surface area contributed by atoms with Crippen LogP contribution < -0.4 is 5.32 Å². The van der Waals surface area contributed by atoms with Crippen molar-refractivity contribution in [3.05, 3.63) is 47.2 Å². The fourth-order valence-electron chi connectivity index (χ4n) is 3.15. The van der Waals surface area contributed by atoms with Crippen molar-refractivity contribution < 1.29 is 33.9 Å². The highest BCUT2D eigenvalue weighted by atomic mass is 32.2. The number of hydrogen-bond donors (Lipinski definition) is 2. The average Bonchev–Trinajstić information content (AvgIpc) is 2.78. The van der Waals surface area contributed by atoms with E-state index in [0.717, 1.165) is 10.5 Å². The Morgan fingerprint density at radius 1 is 1.34 bits per heavy atom. The largest absolute Gasteiger partial charge is 0.477 e. The summed E-state index contributed by atoms with van der Waals surface area (Å²) in [6, 6.07) is 8.49. The van der Waals surface area contributed by atoms with Gasteiger partial charge in [0.2, 0.25) is 5.91 Å². The Balaban J connectivity index is 1.55. The highest BCUT2D eigenvalue weighted by molar-refractivity contribution is 8.00. The molecule has 2 aliphatic rings. The van der Waals surface area contributed by atoms with Gasteiger partial charge in [-0.15, -0.1) is 11.8 Å². The summed E-state index contributed by atoms with van der Waals surface area (Å²) >= 11 is 1.30. The van der Waals surface area contributed by atoms with E-state index in [0.29, 0.717) is 5.57 Å². The number of carboxylic acids is 1. The first-order valence-electron chi connectivity index (χ1n) is 9.83. The van der Waals surface area contributed by atoms with Crippen LogP contribution in [-0.4, -0.2) is 70.4 Å². The second-order valence-corrected chi connectivity index (χ2v) is 8.38. The molecule has 3 atom stereocenters. The third-order valence-electron chi connectivity index (χ3n) is 4.85. The van der Waals surface area contributed by atoms with Gasteiger partial charge < -0.3 is 20.0 Å². The lowest BCUT2D eigenvalue weighted by Crippen LogP contribution is -2.71. The molecule has 0 bridgehead atoms. The summed E-state index contributed by atoms with van der Waals surface area (Å²) in [4.78, 5) is 54.2. The lowest BCUT2D eigenvalue weighted by molar-refractivity contribution is -0.151. The molecule has 11 heteroatoms. The zero-order valence-electron chi connectivity index (χ0n) is 17.5. The molecule has 0 aliphatic carbocycles. The Hall–Kier alpha value is -3.34. The van der Waals surface area contributed by atoms with Crippen LogP contribution in [0.5, 0.6) is 0 Å². The Bertz CT molecular complexity index is 963. The van der Waals surface area contributed by atoms with E-state index < -0.39 is 41.1 Å². The minimum absolute atomic E-state index is 0.0183. The van der Waals surface area contributed by atoms with Crippen LogP contribution in [0.15, 0.2) is 46.8 Å². The molecular weight excluding hydrogens is 438 g/mol. The third-order valence-corrected chi connectivity index (χ3v) is 6.18. The number of nitrogens with one attached hydrogen (secondary N) is 1. The number of thioether (sulfide) groups is 1. The second kappa shape index (κ2) is 10.3. The Kier molecular flexibility index (Phi) is 7.52. The van der Waals surface area contributed by atoms with E-state index in [2.05, 4.69) is 10.5 Å². The second-order valence-electron chi connectivity index (χ2n) is 7.28. The number of amides is 2. The van der Waals surface area contributed by atoms with Crippen LogP contribution in [0.25, 0.3) is 0 Å². The summed E-state index contributed by atoms with van der Waals surface area (Å²) in [5, 5.41) is 15.5. The Morgan fingerprint density at radius 3 is 2.72 bits per heavy atom. The predicted octanol–water partition coefficient (Wildman–Crippen LogP) is 0.975. The molecule has 3 rings (SSSR count). The van der Waals surface area contributed by atoms with E-state index in [1.165, 1.54) is 24.9 Å². The minimum Gasteiger partial charge on any atom is -0.477 e. The lowest BCUT2D eigenvalue weighted by Gasteiger charge is -2.49. The number of nitrogens with zero attached hydrogens (tertiary/aromatic N) is 2. The molecule has 0 unspecified atom stereocenters. The van der Waals surface area contributed by atoms with Gasteiger partial charge in [0.15, 0.2) is 0 Å². The first-order chi connectivity index (χ1) is 15.3. The SMILES string of the molecule is CC(=O)OCC1=C(C(=O)O)N2C(=O)[C@@H](NC(=O)[C@@H](C)CO/N=C/c3ccccc3)[C@H]2SC1. The first-order valence-corrected chi connectivity index (χ1v) is 10.9. The first kappa shape index (κ1) is 23.3. The number of rotatable bonds is 9. The van der Waals surface area contributed by atoms with Crippen LogP contribution >= 0.6 is 11.8 Å². The van der Waals surface area contributed by atoms with Crippen molar-refractivity contribution in [1.29, 1.82) is 0 Å².